The van der Waals surface area contributed by atoms with Crippen LogP contribution in [-0.4, -0.2) is 55.4 Å². The van der Waals surface area contributed by atoms with Crippen LogP contribution in [0, 0.1) is 0 Å². The zero-order valence-corrected chi connectivity index (χ0v) is 26.4. The van der Waals surface area contributed by atoms with Crippen LogP contribution in [0.1, 0.15) is 38.9 Å². The average molecular weight is 518 g/mol. The molecule has 0 atom stereocenters. The van der Waals surface area contributed by atoms with E-state index >= 15 is 0 Å². The number of aliphatic carboxylic acids is 5. The van der Waals surface area contributed by atoms with Gasteiger partial charge in [-0.2, -0.15) is 0 Å². The van der Waals surface area contributed by atoms with Gasteiger partial charge in [0.1, 0.15) is 11.6 Å². The Morgan fingerprint density at radius 1 is 0.485 bits per heavy atom. The Labute approximate surface area is 263 Å². The molecule has 0 fully saturated rings. The van der Waals surface area contributed by atoms with Crippen LogP contribution in [-0.2, 0) is 24.0 Å². The maximum Gasteiger partial charge on any atom is 1.00 e. The molecular formula is C14H37N6Na3O10. The Hall–Kier alpha value is -1.37. The van der Waals surface area contributed by atoms with Crippen molar-refractivity contribution in [3.05, 3.63) is 24.0 Å². The number of rotatable bonds is 0. The van der Waals surface area contributed by atoms with Gasteiger partial charge >= 0.3 is 88.7 Å². The zero-order chi connectivity index (χ0) is 26.5. The molecule has 0 aromatic carbocycles. The monoisotopic (exact) mass is 518 g/mol. The van der Waals surface area contributed by atoms with Gasteiger partial charge in [-0.1, -0.05) is 0 Å². The predicted molar refractivity (Wildman–Crippen MR) is 111 cm³/mol. The van der Waals surface area contributed by atoms with E-state index in [1.807, 2.05) is 0 Å². The third kappa shape index (κ3) is 3630. The first-order chi connectivity index (χ1) is 13.2. The van der Waals surface area contributed by atoms with Crippen molar-refractivity contribution >= 4 is 29.8 Å². The van der Waals surface area contributed by atoms with E-state index < -0.39 is 29.8 Å². The summed E-state index contributed by atoms with van der Waals surface area (Å²) in [6.45, 7) is 5.42. The summed E-state index contributed by atoms with van der Waals surface area (Å²) < 4.78 is 0. The van der Waals surface area contributed by atoms with Gasteiger partial charge in [-0.25, -0.2) is 0 Å². The molecule has 0 aliphatic carbocycles. The normalized spacial score (nSPS) is 5.73. The maximum atomic E-state index is 9.00. The Balaban J connectivity index is -0.0000000152. The van der Waals surface area contributed by atoms with E-state index in [9.17, 15) is 0 Å². The minimum atomic E-state index is -0.833. The van der Waals surface area contributed by atoms with Crippen molar-refractivity contribution < 1.29 is 142 Å². The molecule has 0 bridgehead atoms. The summed E-state index contributed by atoms with van der Waals surface area (Å²) in [4.78, 5) is 45.0. The van der Waals surface area contributed by atoms with Gasteiger partial charge in [0, 0.05) is 47.0 Å². The van der Waals surface area contributed by atoms with Gasteiger partial charge in [-0.15, -0.1) is 0 Å². The van der Waals surface area contributed by atoms with Gasteiger partial charge in [0.2, 0.25) is 0 Å². The van der Waals surface area contributed by atoms with Crippen LogP contribution in [0.3, 0.4) is 0 Å². The second kappa shape index (κ2) is 57.5. The molecular weight excluding hydrogens is 481 g/mol. The van der Waals surface area contributed by atoms with E-state index in [2.05, 4.69) is 0 Å². The SMILES string of the molecule is CC(=O)O.CC(=O)O.CC(=O)O.CC(=O)O.CC(=O)O.NC=C(N)N.NC=C(N)N.[H-].[H-].[H-].[Na+].[Na+].[Na+]. The van der Waals surface area contributed by atoms with Gasteiger partial charge < -0.3 is 64.2 Å². The molecule has 0 amide bonds. The molecule has 19 heteroatoms. The average Bonchev–Trinajstić information content (AvgIpc) is 2.44. The Morgan fingerprint density at radius 3 is 0.515 bits per heavy atom. The summed E-state index contributed by atoms with van der Waals surface area (Å²) in [5.74, 6) is -3.85. The van der Waals surface area contributed by atoms with E-state index in [1.165, 1.54) is 0 Å². The summed E-state index contributed by atoms with van der Waals surface area (Å²) >= 11 is 0. The number of carboxylic acids is 5. The first kappa shape index (κ1) is 63.4. The smallest absolute Gasteiger partial charge is 1.00 e. The summed E-state index contributed by atoms with van der Waals surface area (Å²) in [6, 6.07) is 0. The summed E-state index contributed by atoms with van der Waals surface area (Å²) in [6.07, 6.45) is 2.28. The van der Waals surface area contributed by atoms with Crippen LogP contribution in [0.5, 0.6) is 0 Å². The van der Waals surface area contributed by atoms with Crippen LogP contribution < -0.4 is 123 Å². The van der Waals surface area contributed by atoms with Crippen molar-refractivity contribution in [3.8, 4) is 0 Å². The first-order valence-electron chi connectivity index (χ1n) is 7.04. The van der Waals surface area contributed by atoms with Crippen LogP contribution in [0.4, 0.5) is 0 Å². The third-order valence-electron chi connectivity index (χ3n) is 0.385. The number of carboxylic acid groups (broad SMARTS) is 5. The van der Waals surface area contributed by atoms with Gasteiger partial charge in [-0.3, -0.25) is 24.0 Å². The molecule has 0 rings (SSSR count). The molecule has 0 aromatic heterocycles. The molecule has 17 N–H and O–H groups in total. The van der Waals surface area contributed by atoms with E-state index in [0.717, 1.165) is 47.0 Å². The van der Waals surface area contributed by atoms with Gasteiger partial charge in [0.15, 0.2) is 0 Å². The molecule has 0 aliphatic heterocycles. The van der Waals surface area contributed by atoms with Gasteiger partial charge in [0.25, 0.3) is 29.8 Å². The first-order valence-corrected chi connectivity index (χ1v) is 7.04. The fourth-order valence-electron chi connectivity index (χ4n) is 0. The number of carbonyl (C=O) groups is 5. The maximum absolute atomic E-state index is 9.00. The van der Waals surface area contributed by atoms with Crippen molar-refractivity contribution in [1.29, 1.82) is 0 Å². The van der Waals surface area contributed by atoms with Crippen molar-refractivity contribution in [2.75, 3.05) is 0 Å². The van der Waals surface area contributed by atoms with Crippen LogP contribution in [0.25, 0.3) is 0 Å². The molecule has 0 radical (unpaired) electrons. The molecule has 33 heavy (non-hydrogen) atoms. The Bertz CT molecular complexity index is 437. The van der Waals surface area contributed by atoms with Gasteiger partial charge in [0.05, 0.1) is 0 Å². The third-order valence-corrected chi connectivity index (χ3v) is 0.385. The van der Waals surface area contributed by atoms with Crippen LogP contribution >= 0.6 is 0 Å². The Kier molecular flexibility index (Phi) is 110. The molecule has 0 heterocycles. The fraction of sp³-hybridized carbons (Fsp3) is 0.357. The zero-order valence-electron chi connectivity index (χ0n) is 23.4. The minimum absolute atomic E-state index is 0. The number of nitrogens with two attached hydrogens (primary N) is 6. The van der Waals surface area contributed by atoms with E-state index in [1.54, 1.807) is 0 Å². The largest absolute Gasteiger partial charge is 1.00 e. The molecule has 0 saturated heterocycles. The van der Waals surface area contributed by atoms with Crippen molar-refractivity contribution in [3.63, 3.8) is 0 Å². The molecule has 186 valence electrons. The number of hydrogen-bond acceptors (Lipinski definition) is 11. The summed E-state index contributed by atoms with van der Waals surface area (Å²) in [5, 5.41) is 37.1. The molecule has 0 aliphatic rings. The molecule has 0 saturated carbocycles. The van der Waals surface area contributed by atoms with E-state index in [0.29, 0.717) is 0 Å². The molecule has 0 spiro atoms. The van der Waals surface area contributed by atoms with Crippen molar-refractivity contribution in [1.82, 2.24) is 0 Å². The quantitative estimate of drug-likeness (QED) is 0.132. The topological polar surface area (TPSA) is 343 Å². The van der Waals surface area contributed by atoms with Crippen LogP contribution in [0.15, 0.2) is 24.0 Å². The van der Waals surface area contributed by atoms with Crippen LogP contribution in [0.2, 0.25) is 0 Å². The Morgan fingerprint density at radius 2 is 0.515 bits per heavy atom. The molecule has 16 nitrogen and oxygen atoms in total. The van der Waals surface area contributed by atoms with E-state index in [-0.39, 0.29) is 105 Å². The fourth-order valence-corrected chi connectivity index (χ4v) is 0. The standard InChI is InChI=1S/2C2H7N3.5C2H4O2.3Na.3H/c2*3-1-2(4)5;5*1-2(3)4;;;;;;/h2*1H,3-5H2;5*1H3,(H,3,4);;;;;;/q;;;;;;;3*+1;3*-1. The van der Waals surface area contributed by atoms with Crippen molar-refractivity contribution in [2.45, 2.75) is 34.6 Å². The minimum Gasteiger partial charge on any atom is -1.00 e. The molecule has 0 aromatic rings. The summed E-state index contributed by atoms with van der Waals surface area (Å²) in [7, 11) is 0. The summed E-state index contributed by atoms with van der Waals surface area (Å²) in [5.41, 5.74) is 28.7. The van der Waals surface area contributed by atoms with E-state index in [4.69, 9.17) is 83.9 Å². The number of hydrogen-bond donors (Lipinski definition) is 11. The second-order valence-electron chi connectivity index (χ2n) is 3.93. The van der Waals surface area contributed by atoms with Gasteiger partial charge in [-0.05, 0) is 0 Å². The predicted octanol–water partition coefficient (Wildman–Crippen LogP) is -10.9. The molecule has 0 unspecified atom stereocenters. The second-order valence-corrected chi connectivity index (χ2v) is 3.93. The van der Waals surface area contributed by atoms with Crippen molar-refractivity contribution in [2.24, 2.45) is 34.4 Å².